The van der Waals surface area contributed by atoms with Gasteiger partial charge >= 0.3 is 5.69 Å². The lowest BCUT2D eigenvalue weighted by atomic mass is 10.2. The Morgan fingerprint density at radius 2 is 1.89 bits per heavy atom. The molecular formula is C13H11BrN2O3. The highest BCUT2D eigenvalue weighted by atomic mass is 79.9. The van der Waals surface area contributed by atoms with Crippen LogP contribution < -0.4 is 10.5 Å². The second-order valence-corrected chi connectivity index (χ2v) is 4.78. The van der Waals surface area contributed by atoms with Gasteiger partial charge in [0.05, 0.1) is 4.92 Å². The van der Waals surface area contributed by atoms with Crippen LogP contribution in [-0.4, -0.2) is 4.92 Å². The minimum atomic E-state index is -0.535. The molecule has 0 atom stereocenters. The molecule has 0 saturated heterocycles. The van der Waals surface area contributed by atoms with Crippen molar-refractivity contribution in [3.8, 4) is 5.75 Å². The van der Waals surface area contributed by atoms with Crippen molar-refractivity contribution in [2.24, 2.45) is 0 Å². The molecule has 0 amide bonds. The van der Waals surface area contributed by atoms with Crippen molar-refractivity contribution in [3.05, 3.63) is 62.6 Å². The Bertz CT molecular complexity index is 599. The Kier molecular flexibility index (Phi) is 4.01. The molecule has 0 radical (unpaired) electrons. The first-order valence-electron chi connectivity index (χ1n) is 5.48. The predicted octanol–water partition coefficient (Wildman–Crippen LogP) is 3.52. The molecule has 98 valence electrons. The summed E-state index contributed by atoms with van der Waals surface area (Å²) in [5.41, 5.74) is 6.40. The number of nitrogens with two attached hydrogens (primary N) is 1. The van der Waals surface area contributed by atoms with Gasteiger partial charge in [-0.15, -0.1) is 0 Å². The van der Waals surface area contributed by atoms with Crippen LogP contribution in [0.15, 0.2) is 46.9 Å². The summed E-state index contributed by atoms with van der Waals surface area (Å²) >= 11 is 3.34. The maximum absolute atomic E-state index is 10.9. The normalized spacial score (nSPS) is 10.2. The van der Waals surface area contributed by atoms with Crippen LogP contribution in [0.3, 0.4) is 0 Å². The fourth-order valence-corrected chi connectivity index (χ4v) is 1.86. The third-order valence-electron chi connectivity index (χ3n) is 2.52. The smallest absolute Gasteiger partial charge is 0.333 e. The summed E-state index contributed by atoms with van der Waals surface area (Å²) in [4.78, 5) is 10.4. The summed E-state index contributed by atoms with van der Waals surface area (Å²) in [6.07, 6.45) is 0. The molecule has 0 heterocycles. The van der Waals surface area contributed by atoms with Crippen LogP contribution in [-0.2, 0) is 6.61 Å². The van der Waals surface area contributed by atoms with E-state index in [4.69, 9.17) is 10.5 Å². The van der Waals surface area contributed by atoms with Gasteiger partial charge in [-0.25, -0.2) is 0 Å². The number of hydrogen-bond acceptors (Lipinski definition) is 4. The lowest BCUT2D eigenvalue weighted by Crippen LogP contribution is -2.01. The van der Waals surface area contributed by atoms with Crippen LogP contribution in [0.25, 0.3) is 0 Å². The SMILES string of the molecule is Nc1cccc(OCc2ccc(Br)cc2)c1[N+](=O)[O-]. The summed E-state index contributed by atoms with van der Waals surface area (Å²) in [5, 5.41) is 10.9. The molecule has 19 heavy (non-hydrogen) atoms. The van der Waals surface area contributed by atoms with Gasteiger partial charge in [-0.3, -0.25) is 10.1 Å². The van der Waals surface area contributed by atoms with Crippen molar-refractivity contribution in [1.82, 2.24) is 0 Å². The number of nitrogens with zero attached hydrogens (tertiary/aromatic N) is 1. The minimum Gasteiger partial charge on any atom is -0.482 e. The number of ether oxygens (including phenoxy) is 1. The first kappa shape index (κ1) is 13.4. The Morgan fingerprint density at radius 3 is 2.53 bits per heavy atom. The number of nitro groups is 1. The van der Waals surface area contributed by atoms with Crippen molar-refractivity contribution < 1.29 is 9.66 Å². The van der Waals surface area contributed by atoms with Gasteiger partial charge in [-0.2, -0.15) is 0 Å². The monoisotopic (exact) mass is 322 g/mol. The maximum atomic E-state index is 10.9. The van der Waals surface area contributed by atoms with Gasteiger partial charge in [-0.1, -0.05) is 34.1 Å². The van der Waals surface area contributed by atoms with Gasteiger partial charge in [0.2, 0.25) is 0 Å². The molecule has 0 unspecified atom stereocenters. The number of para-hydroxylation sites is 1. The Hall–Kier alpha value is -2.08. The molecule has 0 aromatic heterocycles. The van der Waals surface area contributed by atoms with Crippen LogP contribution in [0.5, 0.6) is 5.75 Å². The second-order valence-electron chi connectivity index (χ2n) is 3.87. The van der Waals surface area contributed by atoms with E-state index < -0.39 is 4.92 Å². The van der Waals surface area contributed by atoms with Crippen molar-refractivity contribution in [2.45, 2.75) is 6.61 Å². The molecule has 6 heteroatoms. The zero-order valence-electron chi connectivity index (χ0n) is 9.88. The summed E-state index contributed by atoms with van der Waals surface area (Å²) in [5.74, 6) is 0.174. The molecule has 0 aliphatic rings. The van der Waals surface area contributed by atoms with Gasteiger partial charge in [0.1, 0.15) is 12.3 Å². The average molecular weight is 323 g/mol. The van der Waals surface area contributed by atoms with E-state index in [0.29, 0.717) is 0 Å². The highest BCUT2D eigenvalue weighted by Crippen LogP contribution is 2.33. The molecule has 0 aliphatic carbocycles. The minimum absolute atomic E-state index is 0.0957. The van der Waals surface area contributed by atoms with E-state index in [9.17, 15) is 10.1 Å². The summed E-state index contributed by atoms with van der Waals surface area (Å²) < 4.78 is 6.43. The molecule has 5 nitrogen and oxygen atoms in total. The molecule has 2 N–H and O–H groups in total. The average Bonchev–Trinajstić information content (AvgIpc) is 2.37. The van der Waals surface area contributed by atoms with Crippen LogP contribution in [0.1, 0.15) is 5.56 Å². The fourth-order valence-electron chi connectivity index (χ4n) is 1.59. The molecule has 2 rings (SSSR count). The van der Waals surface area contributed by atoms with E-state index >= 15 is 0 Å². The Balaban J connectivity index is 2.18. The van der Waals surface area contributed by atoms with Gasteiger partial charge in [0.15, 0.2) is 5.75 Å². The van der Waals surface area contributed by atoms with E-state index in [0.717, 1.165) is 10.0 Å². The Labute approximate surface area is 118 Å². The number of halogens is 1. The lowest BCUT2D eigenvalue weighted by Gasteiger charge is -2.08. The van der Waals surface area contributed by atoms with Gasteiger partial charge in [-0.05, 0) is 29.8 Å². The summed E-state index contributed by atoms with van der Waals surface area (Å²) in [6.45, 7) is 0.248. The van der Waals surface area contributed by atoms with E-state index in [1.807, 2.05) is 24.3 Å². The highest BCUT2D eigenvalue weighted by molar-refractivity contribution is 9.10. The van der Waals surface area contributed by atoms with Crippen molar-refractivity contribution >= 4 is 27.3 Å². The third-order valence-corrected chi connectivity index (χ3v) is 3.05. The Morgan fingerprint density at radius 1 is 1.21 bits per heavy atom. The van der Waals surface area contributed by atoms with E-state index in [1.165, 1.54) is 12.1 Å². The third kappa shape index (κ3) is 3.23. The topological polar surface area (TPSA) is 78.4 Å². The first-order chi connectivity index (χ1) is 9.08. The molecular weight excluding hydrogens is 312 g/mol. The molecule has 0 spiro atoms. The zero-order valence-corrected chi connectivity index (χ0v) is 11.5. The first-order valence-corrected chi connectivity index (χ1v) is 6.27. The molecule has 0 saturated carbocycles. The predicted molar refractivity (Wildman–Crippen MR) is 76.0 cm³/mol. The molecule has 2 aromatic carbocycles. The largest absolute Gasteiger partial charge is 0.482 e. The van der Waals surface area contributed by atoms with Crippen LogP contribution in [0.4, 0.5) is 11.4 Å². The van der Waals surface area contributed by atoms with Crippen LogP contribution in [0.2, 0.25) is 0 Å². The van der Waals surface area contributed by atoms with E-state index in [1.54, 1.807) is 6.07 Å². The molecule has 2 aromatic rings. The quantitative estimate of drug-likeness (QED) is 0.530. The van der Waals surface area contributed by atoms with E-state index in [2.05, 4.69) is 15.9 Å². The van der Waals surface area contributed by atoms with Crippen molar-refractivity contribution in [1.29, 1.82) is 0 Å². The number of nitrogen functional groups attached to an aromatic ring is 1. The number of anilines is 1. The molecule has 0 fully saturated rings. The number of nitro benzene ring substituents is 1. The van der Waals surface area contributed by atoms with Gasteiger partial charge in [0, 0.05) is 4.47 Å². The second kappa shape index (κ2) is 5.71. The maximum Gasteiger partial charge on any atom is 0.333 e. The summed E-state index contributed by atoms with van der Waals surface area (Å²) in [6, 6.07) is 12.2. The standard InChI is InChI=1S/C13H11BrN2O3/c14-10-6-4-9(5-7-10)8-19-12-3-1-2-11(15)13(12)16(17)18/h1-7H,8,15H2. The summed E-state index contributed by atoms with van der Waals surface area (Å²) in [7, 11) is 0. The van der Waals surface area contributed by atoms with Crippen LogP contribution in [0, 0.1) is 10.1 Å². The molecule has 0 aliphatic heterocycles. The molecule has 0 bridgehead atoms. The van der Waals surface area contributed by atoms with E-state index in [-0.39, 0.29) is 23.7 Å². The highest BCUT2D eigenvalue weighted by Gasteiger charge is 2.18. The number of benzene rings is 2. The van der Waals surface area contributed by atoms with Gasteiger partial charge in [0.25, 0.3) is 0 Å². The van der Waals surface area contributed by atoms with Crippen LogP contribution >= 0.6 is 15.9 Å². The van der Waals surface area contributed by atoms with Gasteiger partial charge < -0.3 is 10.5 Å². The number of rotatable bonds is 4. The zero-order chi connectivity index (χ0) is 13.8. The van der Waals surface area contributed by atoms with Crippen molar-refractivity contribution in [2.75, 3.05) is 5.73 Å². The lowest BCUT2D eigenvalue weighted by molar-refractivity contribution is -0.385. The number of hydrogen-bond donors (Lipinski definition) is 1. The fraction of sp³-hybridized carbons (Fsp3) is 0.0769. The van der Waals surface area contributed by atoms with Crippen molar-refractivity contribution in [3.63, 3.8) is 0 Å².